The lowest BCUT2D eigenvalue weighted by Crippen LogP contribution is -1.70. The van der Waals surface area contributed by atoms with Gasteiger partial charge in [0.2, 0.25) is 0 Å². The molecule has 2 aromatic carbocycles. The van der Waals surface area contributed by atoms with Crippen LogP contribution in [-0.2, 0) is 0 Å². The third kappa shape index (κ3) is 3.65. The molecule has 1 N–H and O–H groups in total. The topological polar surface area (TPSA) is 20.2 Å². The van der Waals surface area contributed by atoms with Crippen LogP contribution in [0.3, 0.4) is 0 Å². The maximum atomic E-state index is 9.30. The zero-order valence-electron chi connectivity index (χ0n) is 9.45. The Bertz CT molecular complexity index is 524. The first kappa shape index (κ1) is 11.2. The smallest absolute Gasteiger partial charge is 0.116 e. The van der Waals surface area contributed by atoms with Gasteiger partial charge < -0.3 is 5.11 Å². The first-order valence-electron chi connectivity index (χ1n) is 5.53. The van der Waals surface area contributed by atoms with Gasteiger partial charge in [-0.1, -0.05) is 66.8 Å². The lowest BCUT2D eigenvalue weighted by molar-refractivity contribution is 0.475. The Balaban J connectivity index is 2.01. The van der Waals surface area contributed by atoms with E-state index >= 15 is 0 Å². The summed E-state index contributed by atoms with van der Waals surface area (Å²) in [5.74, 6) is 0.291. The maximum absolute atomic E-state index is 9.30. The Morgan fingerprint density at radius 3 is 2.06 bits per heavy atom. The third-order valence-corrected chi connectivity index (χ3v) is 2.36. The van der Waals surface area contributed by atoms with Gasteiger partial charge in [-0.3, -0.25) is 0 Å². The van der Waals surface area contributed by atoms with Crippen molar-refractivity contribution in [2.45, 2.75) is 0 Å². The van der Waals surface area contributed by atoms with Crippen molar-refractivity contribution >= 4 is 12.2 Å². The molecule has 1 nitrogen and oxygen atoms in total. The van der Waals surface area contributed by atoms with Crippen molar-refractivity contribution in [2.75, 3.05) is 0 Å². The number of allylic oxidation sites excluding steroid dienone is 2. The molecule has 2 rings (SSSR count). The third-order valence-electron chi connectivity index (χ3n) is 2.36. The number of hydrogen-bond donors (Lipinski definition) is 1. The van der Waals surface area contributed by atoms with Crippen molar-refractivity contribution in [3.05, 3.63) is 77.9 Å². The average Bonchev–Trinajstić information content (AvgIpc) is 2.36. The summed E-state index contributed by atoms with van der Waals surface area (Å²) in [5.41, 5.74) is 2.16. The van der Waals surface area contributed by atoms with Crippen LogP contribution in [0.1, 0.15) is 11.1 Å². The molecule has 0 saturated carbocycles. The van der Waals surface area contributed by atoms with E-state index in [-0.39, 0.29) is 0 Å². The second kappa shape index (κ2) is 5.71. The van der Waals surface area contributed by atoms with E-state index in [2.05, 4.69) is 12.1 Å². The van der Waals surface area contributed by atoms with Gasteiger partial charge in [-0.05, 0) is 23.3 Å². The summed E-state index contributed by atoms with van der Waals surface area (Å²) in [6.07, 6.45) is 7.94. The molecule has 0 unspecified atom stereocenters. The summed E-state index contributed by atoms with van der Waals surface area (Å²) in [7, 11) is 0. The van der Waals surface area contributed by atoms with Gasteiger partial charge in [-0.15, -0.1) is 0 Å². The Kier molecular flexibility index (Phi) is 3.77. The summed E-state index contributed by atoms with van der Waals surface area (Å²) in [6.45, 7) is 0. The van der Waals surface area contributed by atoms with E-state index in [9.17, 15) is 5.11 Å². The lowest BCUT2D eigenvalue weighted by Gasteiger charge is -1.93. The summed E-state index contributed by atoms with van der Waals surface area (Å²) < 4.78 is 0. The standard InChI is InChI=1S/C16H14O/c17-16-12-6-11-15(13-16)10-5-4-9-14-7-2-1-3-8-14/h1-13,17H. The molecule has 0 atom stereocenters. The van der Waals surface area contributed by atoms with Crippen LogP contribution in [0.5, 0.6) is 5.75 Å². The largest absolute Gasteiger partial charge is 0.508 e. The van der Waals surface area contributed by atoms with Gasteiger partial charge in [0.05, 0.1) is 0 Å². The van der Waals surface area contributed by atoms with Crippen LogP contribution in [0.15, 0.2) is 66.7 Å². The molecule has 0 aliphatic carbocycles. The first-order chi connectivity index (χ1) is 8.34. The van der Waals surface area contributed by atoms with Gasteiger partial charge in [0.15, 0.2) is 0 Å². The molecule has 0 radical (unpaired) electrons. The zero-order chi connectivity index (χ0) is 11.9. The minimum atomic E-state index is 0.291. The minimum Gasteiger partial charge on any atom is -0.508 e. The van der Waals surface area contributed by atoms with Crippen LogP contribution in [-0.4, -0.2) is 5.11 Å². The van der Waals surface area contributed by atoms with E-state index in [1.807, 2.05) is 54.6 Å². The minimum absolute atomic E-state index is 0.291. The second-order valence-electron chi connectivity index (χ2n) is 3.72. The molecule has 0 heterocycles. The predicted molar refractivity (Wildman–Crippen MR) is 72.6 cm³/mol. The molecule has 0 spiro atoms. The fourth-order valence-corrected chi connectivity index (χ4v) is 1.53. The molecule has 0 fully saturated rings. The van der Waals surface area contributed by atoms with Gasteiger partial charge in [0, 0.05) is 0 Å². The molecule has 0 aromatic heterocycles. The molecule has 0 bridgehead atoms. The molecule has 17 heavy (non-hydrogen) atoms. The van der Waals surface area contributed by atoms with Gasteiger partial charge >= 0.3 is 0 Å². The van der Waals surface area contributed by atoms with Crippen molar-refractivity contribution < 1.29 is 5.11 Å². The normalized spacial score (nSPS) is 11.3. The molecule has 0 amide bonds. The number of hydrogen-bond acceptors (Lipinski definition) is 1. The molecule has 2 aromatic rings. The van der Waals surface area contributed by atoms with Gasteiger partial charge in [-0.25, -0.2) is 0 Å². The molecule has 1 heteroatoms. The van der Waals surface area contributed by atoms with Gasteiger partial charge in [0.1, 0.15) is 5.75 Å². The highest BCUT2D eigenvalue weighted by molar-refractivity contribution is 5.57. The number of rotatable bonds is 3. The highest BCUT2D eigenvalue weighted by atomic mass is 16.3. The highest BCUT2D eigenvalue weighted by Crippen LogP contribution is 2.12. The fourth-order valence-electron chi connectivity index (χ4n) is 1.53. The van der Waals surface area contributed by atoms with Gasteiger partial charge in [-0.2, -0.15) is 0 Å². The van der Waals surface area contributed by atoms with E-state index in [1.165, 1.54) is 5.56 Å². The summed E-state index contributed by atoms with van der Waals surface area (Å²) in [5, 5.41) is 9.30. The first-order valence-corrected chi connectivity index (χ1v) is 5.53. The average molecular weight is 222 g/mol. The van der Waals surface area contributed by atoms with Crippen LogP contribution >= 0.6 is 0 Å². The Morgan fingerprint density at radius 2 is 1.35 bits per heavy atom. The molecule has 0 aliphatic heterocycles. The zero-order valence-corrected chi connectivity index (χ0v) is 9.45. The maximum Gasteiger partial charge on any atom is 0.116 e. The summed E-state index contributed by atoms with van der Waals surface area (Å²) in [6, 6.07) is 17.3. The van der Waals surface area contributed by atoms with Crippen LogP contribution in [0.25, 0.3) is 12.2 Å². The number of phenols is 1. The lowest BCUT2D eigenvalue weighted by atomic mass is 10.2. The summed E-state index contributed by atoms with van der Waals surface area (Å²) >= 11 is 0. The van der Waals surface area contributed by atoms with Crippen LogP contribution < -0.4 is 0 Å². The van der Waals surface area contributed by atoms with Crippen LogP contribution in [0, 0.1) is 0 Å². The van der Waals surface area contributed by atoms with Crippen molar-refractivity contribution in [1.29, 1.82) is 0 Å². The Labute approximate surface area is 101 Å². The van der Waals surface area contributed by atoms with Crippen molar-refractivity contribution in [1.82, 2.24) is 0 Å². The fraction of sp³-hybridized carbons (Fsp3) is 0. The van der Waals surface area contributed by atoms with E-state index in [1.54, 1.807) is 12.1 Å². The monoisotopic (exact) mass is 222 g/mol. The predicted octanol–water partition coefficient (Wildman–Crippen LogP) is 4.12. The van der Waals surface area contributed by atoms with E-state index in [0.29, 0.717) is 5.75 Å². The van der Waals surface area contributed by atoms with Crippen molar-refractivity contribution in [3.8, 4) is 5.75 Å². The highest BCUT2D eigenvalue weighted by Gasteiger charge is 1.87. The number of phenolic OH excluding ortho intramolecular Hbond substituents is 1. The molecule has 0 saturated heterocycles. The number of benzene rings is 2. The molecular formula is C16H14O. The Hall–Kier alpha value is -2.28. The number of aromatic hydroxyl groups is 1. The molecule has 84 valence electrons. The van der Waals surface area contributed by atoms with E-state index in [0.717, 1.165) is 5.56 Å². The van der Waals surface area contributed by atoms with E-state index in [4.69, 9.17) is 0 Å². The molecular weight excluding hydrogens is 208 g/mol. The molecule has 0 aliphatic rings. The van der Waals surface area contributed by atoms with Crippen molar-refractivity contribution in [3.63, 3.8) is 0 Å². The van der Waals surface area contributed by atoms with Gasteiger partial charge in [0.25, 0.3) is 0 Å². The van der Waals surface area contributed by atoms with Crippen LogP contribution in [0.4, 0.5) is 0 Å². The SMILES string of the molecule is Oc1cccc(C=CC=Cc2ccccc2)c1. The Morgan fingerprint density at radius 1 is 0.706 bits per heavy atom. The van der Waals surface area contributed by atoms with Crippen molar-refractivity contribution in [2.24, 2.45) is 0 Å². The summed E-state index contributed by atoms with van der Waals surface area (Å²) in [4.78, 5) is 0. The van der Waals surface area contributed by atoms with E-state index < -0.39 is 0 Å². The second-order valence-corrected chi connectivity index (χ2v) is 3.72. The van der Waals surface area contributed by atoms with Crippen LogP contribution in [0.2, 0.25) is 0 Å². The quantitative estimate of drug-likeness (QED) is 0.774.